The van der Waals surface area contributed by atoms with Crippen LogP contribution in [0.3, 0.4) is 0 Å². The summed E-state index contributed by atoms with van der Waals surface area (Å²) in [5.74, 6) is 0.617. The minimum Gasteiger partial charge on any atom is -0.439 e. The van der Waals surface area contributed by atoms with E-state index in [0.29, 0.717) is 28.6 Å². The van der Waals surface area contributed by atoms with Crippen LogP contribution in [0, 0.1) is 31.0 Å². The van der Waals surface area contributed by atoms with E-state index in [-0.39, 0.29) is 12.4 Å². The standard InChI is InChI=1S/C20H18FN3O/c1-13-7-8-17(9-14(13)2)25-20-19(23)10-16(11-22)24(20)12-15-5-3-4-6-18(15)21/h3-10H,12,23H2,1-2H3. The molecule has 1 heterocycles. The number of halogens is 1. The number of nitriles is 1. The Balaban J connectivity index is 2.01. The van der Waals surface area contributed by atoms with E-state index in [1.165, 1.54) is 12.1 Å². The highest BCUT2D eigenvalue weighted by atomic mass is 19.1. The van der Waals surface area contributed by atoms with Crippen LogP contribution in [-0.2, 0) is 6.54 Å². The molecule has 0 aliphatic heterocycles. The first-order valence-electron chi connectivity index (χ1n) is 7.87. The van der Waals surface area contributed by atoms with Gasteiger partial charge in [0, 0.05) is 11.6 Å². The molecule has 1 aromatic heterocycles. The highest BCUT2D eigenvalue weighted by Crippen LogP contribution is 2.32. The molecule has 0 aliphatic rings. The van der Waals surface area contributed by atoms with Crippen LogP contribution in [0.4, 0.5) is 10.1 Å². The fourth-order valence-electron chi connectivity index (χ4n) is 2.60. The van der Waals surface area contributed by atoms with Gasteiger partial charge < -0.3 is 10.5 Å². The normalized spacial score (nSPS) is 10.5. The summed E-state index contributed by atoms with van der Waals surface area (Å²) in [4.78, 5) is 0. The van der Waals surface area contributed by atoms with Gasteiger partial charge in [-0.15, -0.1) is 0 Å². The zero-order valence-corrected chi connectivity index (χ0v) is 14.1. The minimum absolute atomic E-state index is 0.160. The number of aryl methyl sites for hydroxylation is 2. The second kappa shape index (κ2) is 6.70. The molecule has 126 valence electrons. The summed E-state index contributed by atoms with van der Waals surface area (Å²) in [6, 6.07) is 15.8. The number of ether oxygens (including phenoxy) is 1. The third kappa shape index (κ3) is 3.33. The van der Waals surface area contributed by atoms with Crippen LogP contribution >= 0.6 is 0 Å². The molecule has 0 unspecified atom stereocenters. The molecule has 0 radical (unpaired) electrons. The summed E-state index contributed by atoms with van der Waals surface area (Å²) < 4.78 is 21.5. The van der Waals surface area contributed by atoms with Gasteiger partial charge in [-0.3, -0.25) is 4.57 Å². The minimum atomic E-state index is -0.337. The van der Waals surface area contributed by atoms with Crippen LogP contribution in [0.15, 0.2) is 48.5 Å². The highest BCUT2D eigenvalue weighted by molar-refractivity contribution is 5.57. The molecular formula is C20H18FN3O. The molecule has 3 rings (SSSR count). The van der Waals surface area contributed by atoms with Gasteiger partial charge in [0.1, 0.15) is 23.3 Å². The average Bonchev–Trinajstić information content (AvgIpc) is 2.89. The molecule has 0 spiro atoms. The molecule has 2 N–H and O–H groups in total. The molecule has 0 atom stereocenters. The van der Waals surface area contributed by atoms with E-state index >= 15 is 0 Å². The van der Waals surface area contributed by atoms with Crippen LogP contribution in [0.2, 0.25) is 0 Å². The van der Waals surface area contributed by atoms with Crippen LogP contribution in [0.1, 0.15) is 22.4 Å². The number of nitrogens with two attached hydrogens (primary N) is 1. The second-order valence-corrected chi connectivity index (χ2v) is 5.93. The Kier molecular flexibility index (Phi) is 4.44. The van der Waals surface area contributed by atoms with Crippen molar-refractivity contribution in [2.24, 2.45) is 0 Å². The molecule has 0 aliphatic carbocycles. The predicted octanol–water partition coefficient (Wildman–Crippen LogP) is 4.54. The van der Waals surface area contributed by atoms with Crippen molar-refractivity contribution >= 4 is 5.69 Å². The van der Waals surface area contributed by atoms with Crippen molar-refractivity contribution in [3.8, 4) is 17.7 Å². The quantitative estimate of drug-likeness (QED) is 0.761. The van der Waals surface area contributed by atoms with E-state index in [9.17, 15) is 9.65 Å². The first-order chi connectivity index (χ1) is 12.0. The summed E-state index contributed by atoms with van der Waals surface area (Å²) >= 11 is 0. The predicted molar refractivity (Wildman–Crippen MR) is 95.1 cm³/mol. The zero-order valence-electron chi connectivity index (χ0n) is 14.1. The van der Waals surface area contributed by atoms with Gasteiger partial charge in [0.25, 0.3) is 0 Å². The maximum Gasteiger partial charge on any atom is 0.224 e. The second-order valence-electron chi connectivity index (χ2n) is 5.93. The first kappa shape index (κ1) is 16.6. The molecule has 0 saturated carbocycles. The Morgan fingerprint density at radius 3 is 2.56 bits per heavy atom. The van der Waals surface area contributed by atoms with Gasteiger partial charge in [-0.2, -0.15) is 5.26 Å². The molecule has 2 aromatic carbocycles. The van der Waals surface area contributed by atoms with Crippen LogP contribution in [0.5, 0.6) is 11.6 Å². The SMILES string of the molecule is Cc1ccc(Oc2c(N)cc(C#N)n2Cc2ccccc2F)cc1C. The van der Waals surface area contributed by atoms with Crippen molar-refractivity contribution in [3.05, 3.63) is 76.7 Å². The number of hydrogen-bond donors (Lipinski definition) is 1. The Morgan fingerprint density at radius 2 is 1.88 bits per heavy atom. The summed E-state index contributed by atoms with van der Waals surface area (Å²) in [5, 5.41) is 9.37. The largest absolute Gasteiger partial charge is 0.439 e. The molecule has 5 heteroatoms. The number of benzene rings is 2. The van der Waals surface area contributed by atoms with Gasteiger partial charge in [0.05, 0.1) is 12.2 Å². The topological polar surface area (TPSA) is 64.0 Å². The molecular weight excluding hydrogens is 317 g/mol. The van der Waals surface area contributed by atoms with Crippen molar-refractivity contribution in [1.82, 2.24) is 4.57 Å². The van der Waals surface area contributed by atoms with Gasteiger partial charge in [0.2, 0.25) is 5.88 Å². The number of aromatic nitrogens is 1. The van der Waals surface area contributed by atoms with Crippen molar-refractivity contribution in [2.75, 3.05) is 5.73 Å². The summed E-state index contributed by atoms with van der Waals surface area (Å²) in [6.07, 6.45) is 0. The average molecular weight is 335 g/mol. The fraction of sp³-hybridized carbons (Fsp3) is 0.150. The van der Waals surface area contributed by atoms with Crippen LogP contribution < -0.4 is 10.5 Å². The lowest BCUT2D eigenvalue weighted by Gasteiger charge is -2.13. The van der Waals surface area contributed by atoms with Gasteiger partial charge in [0.15, 0.2) is 0 Å². The fourth-order valence-corrected chi connectivity index (χ4v) is 2.60. The Labute approximate surface area is 145 Å². The van der Waals surface area contributed by atoms with Crippen LogP contribution in [0.25, 0.3) is 0 Å². The molecule has 0 bridgehead atoms. The highest BCUT2D eigenvalue weighted by Gasteiger charge is 2.17. The van der Waals surface area contributed by atoms with Crippen molar-refractivity contribution in [1.29, 1.82) is 5.26 Å². The monoisotopic (exact) mass is 335 g/mol. The zero-order chi connectivity index (χ0) is 18.0. The lowest BCUT2D eigenvalue weighted by atomic mass is 10.1. The first-order valence-corrected chi connectivity index (χ1v) is 7.87. The van der Waals surface area contributed by atoms with Crippen LogP contribution in [-0.4, -0.2) is 4.57 Å². The van der Waals surface area contributed by atoms with Crippen molar-refractivity contribution in [2.45, 2.75) is 20.4 Å². The van der Waals surface area contributed by atoms with Gasteiger partial charge in [-0.25, -0.2) is 4.39 Å². The van der Waals surface area contributed by atoms with Gasteiger partial charge in [-0.1, -0.05) is 24.3 Å². The molecule has 0 saturated heterocycles. The third-order valence-electron chi connectivity index (χ3n) is 4.17. The Bertz CT molecular complexity index is 970. The Hall–Kier alpha value is -3.26. The summed E-state index contributed by atoms with van der Waals surface area (Å²) in [6.45, 7) is 4.17. The van der Waals surface area contributed by atoms with Crippen molar-refractivity contribution in [3.63, 3.8) is 0 Å². The molecule has 0 fully saturated rings. The van der Waals surface area contributed by atoms with Crippen molar-refractivity contribution < 1.29 is 9.13 Å². The lowest BCUT2D eigenvalue weighted by Crippen LogP contribution is -2.06. The van der Waals surface area contributed by atoms with E-state index in [2.05, 4.69) is 6.07 Å². The maximum absolute atomic E-state index is 14.0. The number of nitrogens with zero attached hydrogens (tertiary/aromatic N) is 2. The van der Waals surface area contributed by atoms with E-state index in [4.69, 9.17) is 10.5 Å². The third-order valence-corrected chi connectivity index (χ3v) is 4.17. The lowest BCUT2D eigenvalue weighted by molar-refractivity contribution is 0.435. The summed E-state index contributed by atoms with van der Waals surface area (Å²) in [5.41, 5.74) is 9.39. The molecule has 25 heavy (non-hydrogen) atoms. The van der Waals surface area contributed by atoms with E-state index in [1.807, 2.05) is 32.0 Å². The number of nitrogen functional groups attached to an aromatic ring is 1. The van der Waals surface area contributed by atoms with Gasteiger partial charge >= 0.3 is 0 Å². The maximum atomic E-state index is 14.0. The molecule has 4 nitrogen and oxygen atoms in total. The van der Waals surface area contributed by atoms with Gasteiger partial charge in [-0.05, 0) is 43.2 Å². The smallest absolute Gasteiger partial charge is 0.224 e. The molecule has 0 amide bonds. The summed E-state index contributed by atoms with van der Waals surface area (Å²) in [7, 11) is 0. The van der Waals surface area contributed by atoms with E-state index in [1.54, 1.807) is 22.8 Å². The number of anilines is 1. The number of hydrogen-bond acceptors (Lipinski definition) is 3. The molecule has 3 aromatic rings. The van der Waals surface area contributed by atoms with E-state index < -0.39 is 0 Å². The van der Waals surface area contributed by atoms with E-state index in [0.717, 1.165) is 11.1 Å². The Morgan fingerprint density at radius 1 is 1.12 bits per heavy atom. The number of rotatable bonds is 4.